The minimum atomic E-state index is -0.184. The quantitative estimate of drug-likeness (QED) is 0.865. The molecule has 22 heavy (non-hydrogen) atoms. The van der Waals surface area contributed by atoms with Crippen LogP contribution in [0.5, 0.6) is 0 Å². The second kappa shape index (κ2) is 8.16. The zero-order chi connectivity index (χ0) is 15.9. The fraction of sp³-hybridized carbons (Fsp3) is 0.500. The van der Waals surface area contributed by atoms with Gasteiger partial charge in [-0.1, -0.05) is 15.9 Å². The zero-order valence-corrected chi connectivity index (χ0v) is 14.2. The van der Waals surface area contributed by atoms with Gasteiger partial charge in [0.2, 0.25) is 0 Å². The van der Waals surface area contributed by atoms with Crippen molar-refractivity contribution in [3.63, 3.8) is 0 Å². The number of nitrogens with zero attached hydrogens (tertiary/aromatic N) is 2. The van der Waals surface area contributed by atoms with Crippen molar-refractivity contribution in [1.82, 2.24) is 4.90 Å². The molecule has 1 aliphatic heterocycles. The van der Waals surface area contributed by atoms with E-state index in [4.69, 9.17) is 10.00 Å². The molecule has 0 bridgehead atoms. The molecule has 2 amide bonds. The summed E-state index contributed by atoms with van der Waals surface area (Å²) in [5, 5.41) is 11.7. The van der Waals surface area contributed by atoms with E-state index in [-0.39, 0.29) is 12.1 Å². The Morgan fingerprint density at radius 2 is 2.41 bits per heavy atom. The molecule has 1 aromatic carbocycles. The third-order valence-electron chi connectivity index (χ3n) is 3.66. The van der Waals surface area contributed by atoms with Crippen LogP contribution >= 0.6 is 15.9 Å². The Bertz CT molecular complexity index is 565. The predicted molar refractivity (Wildman–Crippen MR) is 88.7 cm³/mol. The Morgan fingerprint density at radius 3 is 3.05 bits per heavy atom. The van der Waals surface area contributed by atoms with Gasteiger partial charge in [-0.25, -0.2) is 4.79 Å². The summed E-state index contributed by atoms with van der Waals surface area (Å²) in [5.74, 6) is 0. The van der Waals surface area contributed by atoms with Crippen LogP contribution < -0.4 is 5.32 Å². The number of aryl methyl sites for hydroxylation is 1. The fourth-order valence-electron chi connectivity index (χ4n) is 2.46. The Balaban J connectivity index is 2.02. The SMILES string of the molecule is Cc1cc(Br)ccc1NC(=O)N(CCC#N)CC1CCCO1. The molecule has 1 heterocycles. The van der Waals surface area contributed by atoms with E-state index in [1.54, 1.807) is 4.90 Å². The Labute approximate surface area is 139 Å². The number of hydrogen-bond acceptors (Lipinski definition) is 3. The van der Waals surface area contributed by atoms with Gasteiger partial charge in [0.25, 0.3) is 0 Å². The van der Waals surface area contributed by atoms with E-state index in [0.717, 1.165) is 35.2 Å². The summed E-state index contributed by atoms with van der Waals surface area (Å²) in [4.78, 5) is 14.1. The van der Waals surface area contributed by atoms with Crippen LogP contribution in [0, 0.1) is 18.3 Å². The number of rotatable bonds is 5. The average molecular weight is 366 g/mol. The average Bonchev–Trinajstić information content (AvgIpc) is 2.99. The number of carbonyl (C=O) groups excluding carboxylic acids is 1. The molecule has 2 rings (SSSR count). The monoisotopic (exact) mass is 365 g/mol. The number of halogens is 1. The largest absolute Gasteiger partial charge is 0.376 e. The molecule has 1 atom stereocenters. The van der Waals surface area contributed by atoms with Crippen LogP contribution in [-0.2, 0) is 4.74 Å². The minimum Gasteiger partial charge on any atom is -0.376 e. The Hall–Kier alpha value is -1.58. The van der Waals surface area contributed by atoms with Gasteiger partial charge in [0.05, 0.1) is 18.6 Å². The molecule has 0 aliphatic carbocycles. The second-order valence-electron chi connectivity index (χ2n) is 5.38. The molecule has 1 fully saturated rings. The smallest absolute Gasteiger partial charge is 0.321 e. The highest BCUT2D eigenvalue weighted by atomic mass is 79.9. The van der Waals surface area contributed by atoms with E-state index in [0.29, 0.717) is 19.5 Å². The lowest BCUT2D eigenvalue weighted by atomic mass is 10.2. The van der Waals surface area contributed by atoms with Gasteiger partial charge in [0.1, 0.15) is 0 Å². The number of nitrogens with one attached hydrogen (secondary N) is 1. The van der Waals surface area contributed by atoms with Crippen molar-refractivity contribution < 1.29 is 9.53 Å². The first-order valence-electron chi connectivity index (χ1n) is 7.41. The number of nitriles is 1. The molecule has 0 aromatic heterocycles. The van der Waals surface area contributed by atoms with Crippen molar-refractivity contribution in [3.8, 4) is 6.07 Å². The third kappa shape index (κ3) is 4.72. The number of anilines is 1. The Kier molecular flexibility index (Phi) is 6.22. The van der Waals surface area contributed by atoms with Gasteiger partial charge in [-0.3, -0.25) is 0 Å². The van der Waals surface area contributed by atoms with Crippen LogP contribution in [0.3, 0.4) is 0 Å². The van der Waals surface area contributed by atoms with Crippen molar-refractivity contribution >= 4 is 27.6 Å². The summed E-state index contributed by atoms with van der Waals surface area (Å²) in [6, 6.07) is 7.62. The predicted octanol–water partition coefficient (Wildman–Crippen LogP) is 3.68. The maximum Gasteiger partial charge on any atom is 0.321 e. The third-order valence-corrected chi connectivity index (χ3v) is 4.15. The second-order valence-corrected chi connectivity index (χ2v) is 6.29. The number of ether oxygens (including phenoxy) is 1. The molecule has 5 nitrogen and oxygen atoms in total. The molecule has 6 heteroatoms. The number of carbonyl (C=O) groups is 1. The molecule has 1 aliphatic rings. The summed E-state index contributed by atoms with van der Waals surface area (Å²) >= 11 is 3.41. The molecular weight excluding hydrogens is 346 g/mol. The molecule has 0 spiro atoms. The normalized spacial score (nSPS) is 17.0. The van der Waals surface area contributed by atoms with Gasteiger partial charge in [0, 0.05) is 29.9 Å². The van der Waals surface area contributed by atoms with E-state index >= 15 is 0 Å². The number of hydrogen-bond donors (Lipinski definition) is 1. The molecular formula is C16H20BrN3O2. The van der Waals surface area contributed by atoms with Gasteiger partial charge >= 0.3 is 6.03 Å². The molecule has 118 valence electrons. The molecule has 1 aromatic rings. The number of benzene rings is 1. The van der Waals surface area contributed by atoms with Crippen LogP contribution in [-0.4, -0.2) is 36.7 Å². The summed E-state index contributed by atoms with van der Waals surface area (Å²) in [7, 11) is 0. The number of urea groups is 1. The van der Waals surface area contributed by atoms with Crippen molar-refractivity contribution in [2.75, 3.05) is 25.0 Å². The molecule has 1 saturated heterocycles. The summed E-state index contributed by atoms with van der Waals surface area (Å²) in [5.41, 5.74) is 1.77. The van der Waals surface area contributed by atoms with E-state index in [2.05, 4.69) is 27.3 Å². The topological polar surface area (TPSA) is 65.4 Å². The molecule has 0 radical (unpaired) electrons. The highest BCUT2D eigenvalue weighted by molar-refractivity contribution is 9.10. The lowest BCUT2D eigenvalue weighted by Crippen LogP contribution is -2.40. The van der Waals surface area contributed by atoms with Crippen LogP contribution in [0.1, 0.15) is 24.8 Å². The van der Waals surface area contributed by atoms with E-state index in [1.807, 2.05) is 25.1 Å². The highest BCUT2D eigenvalue weighted by Crippen LogP contribution is 2.21. The maximum absolute atomic E-state index is 12.5. The standard InChI is InChI=1S/C16H20BrN3O2/c1-12-10-13(17)5-6-15(12)19-16(21)20(8-3-7-18)11-14-4-2-9-22-14/h5-6,10,14H,2-4,8-9,11H2,1H3,(H,19,21). The van der Waals surface area contributed by atoms with Gasteiger partial charge < -0.3 is 15.0 Å². The van der Waals surface area contributed by atoms with Crippen molar-refractivity contribution in [2.45, 2.75) is 32.3 Å². The molecule has 1 N–H and O–H groups in total. The van der Waals surface area contributed by atoms with Crippen LogP contribution in [0.25, 0.3) is 0 Å². The summed E-state index contributed by atoms with van der Waals surface area (Å²) < 4.78 is 6.57. The van der Waals surface area contributed by atoms with Gasteiger partial charge in [-0.15, -0.1) is 0 Å². The Morgan fingerprint density at radius 1 is 1.59 bits per heavy atom. The zero-order valence-electron chi connectivity index (χ0n) is 12.6. The van der Waals surface area contributed by atoms with Crippen LogP contribution in [0.2, 0.25) is 0 Å². The first kappa shape index (κ1) is 16.8. The molecule has 1 unspecified atom stereocenters. The van der Waals surface area contributed by atoms with Gasteiger partial charge in [-0.2, -0.15) is 5.26 Å². The lowest BCUT2D eigenvalue weighted by molar-refractivity contribution is 0.0841. The minimum absolute atomic E-state index is 0.0791. The fourth-order valence-corrected chi connectivity index (χ4v) is 2.93. The van der Waals surface area contributed by atoms with Crippen molar-refractivity contribution in [3.05, 3.63) is 28.2 Å². The van der Waals surface area contributed by atoms with Gasteiger partial charge in [0.15, 0.2) is 0 Å². The first-order chi connectivity index (χ1) is 10.6. The van der Waals surface area contributed by atoms with E-state index < -0.39 is 0 Å². The van der Waals surface area contributed by atoms with Crippen molar-refractivity contribution in [2.24, 2.45) is 0 Å². The highest BCUT2D eigenvalue weighted by Gasteiger charge is 2.22. The summed E-state index contributed by atoms with van der Waals surface area (Å²) in [6.07, 6.45) is 2.40. The van der Waals surface area contributed by atoms with Crippen molar-refractivity contribution in [1.29, 1.82) is 5.26 Å². The number of amides is 2. The maximum atomic E-state index is 12.5. The molecule has 0 saturated carbocycles. The summed E-state index contributed by atoms with van der Waals surface area (Å²) in [6.45, 7) is 3.64. The van der Waals surface area contributed by atoms with Crippen LogP contribution in [0.4, 0.5) is 10.5 Å². The van der Waals surface area contributed by atoms with Crippen LogP contribution in [0.15, 0.2) is 22.7 Å². The first-order valence-corrected chi connectivity index (χ1v) is 8.20. The van der Waals surface area contributed by atoms with E-state index in [1.165, 1.54) is 0 Å². The van der Waals surface area contributed by atoms with E-state index in [9.17, 15) is 4.79 Å². The van der Waals surface area contributed by atoms with Gasteiger partial charge in [-0.05, 0) is 43.5 Å². The lowest BCUT2D eigenvalue weighted by Gasteiger charge is -2.25.